The van der Waals surface area contributed by atoms with Crippen LogP contribution in [0, 0.1) is 5.92 Å². The van der Waals surface area contributed by atoms with E-state index < -0.39 is 5.97 Å². The van der Waals surface area contributed by atoms with Gasteiger partial charge in [-0.25, -0.2) is 4.79 Å². The molecule has 0 bridgehead atoms. The molecule has 0 heterocycles. The minimum atomic E-state index is -0.454. The lowest BCUT2D eigenvalue weighted by Gasteiger charge is -2.09. The molecule has 1 rings (SSSR count). The number of carbonyl (C=O) groups excluding carboxylic acids is 1. The zero-order valence-electron chi connectivity index (χ0n) is 11.5. The molecular weight excluding hydrogens is 244 g/mol. The molecule has 0 aliphatic heterocycles. The molecule has 5 heteroatoms. The number of rotatable bonds is 7. The highest BCUT2D eigenvalue weighted by molar-refractivity contribution is 5.95. The van der Waals surface area contributed by atoms with E-state index in [4.69, 9.17) is 20.9 Å². The van der Waals surface area contributed by atoms with Crippen LogP contribution < -0.4 is 11.5 Å². The van der Waals surface area contributed by atoms with Crippen molar-refractivity contribution >= 4 is 17.3 Å². The molecular formula is C14H22N2O3. The Morgan fingerprint density at radius 2 is 1.95 bits per heavy atom. The van der Waals surface area contributed by atoms with Crippen molar-refractivity contribution in [3.63, 3.8) is 0 Å². The predicted molar refractivity (Wildman–Crippen MR) is 75.8 cm³/mol. The van der Waals surface area contributed by atoms with Crippen LogP contribution in [0.3, 0.4) is 0 Å². The smallest absolute Gasteiger partial charge is 0.340 e. The van der Waals surface area contributed by atoms with Crippen LogP contribution in [0.5, 0.6) is 0 Å². The first-order chi connectivity index (χ1) is 9.00. The number of benzene rings is 1. The van der Waals surface area contributed by atoms with Gasteiger partial charge in [-0.15, -0.1) is 0 Å². The van der Waals surface area contributed by atoms with E-state index in [0.29, 0.717) is 36.1 Å². The minimum absolute atomic E-state index is 0.223. The van der Waals surface area contributed by atoms with Crippen molar-refractivity contribution in [2.24, 2.45) is 5.92 Å². The van der Waals surface area contributed by atoms with Crippen molar-refractivity contribution < 1.29 is 14.3 Å². The lowest BCUT2D eigenvalue weighted by Crippen LogP contribution is -2.13. The second kappa shape index (κ2) is 7.63. The Kier molecular flexibility index (Phi) is 6.15. The highest BCUT2D eigenvalue weighted by atomic mass is 16.6. The van der Waals surface area contributed by atoms with Crippen LogP contribution in [0.15, 0.2) is 18.2 Å². The molecule has 0 saturated carbocycles. The topological polar surface area (TPSA) is 87.6 Å². The molecule has 1 aromatic rings. The van der Waals surface area contributed by atoms with Gasteiger partial charge < -0.3 is 20.9 Å². The first-order valence-corrected chi connectivity index (χ1v) is 6.40. The van der Waals surface area contributed by atoms with E-state index in [1.54, 1.807) is 12.1 Å². The van der Waals surface area contributed by atoms with Gasteiger partial charge in [-0.3, -0.25) is 0 Å². The third-order valence-corrected chi connectivity index (χ3v) is 2.60. The molecule has 0 fully saturated rings. The summed E-state index contributed by atoms with van der Waals surface area (Å²) in [6.45, 7) is 5.56. The summed E-state index contributed by atoms with van der Waals surface area (Å²) in [4.78, 5) is 11.7. The Bertz CT molecular complexity index is 419. The maximum atomic E-state index is 11.7. The fraction of sp³-hybridized carbons (Fsp3) is 0.500. The van der Waals surface area contributed by atoms with Gasteiger partial charge in [0.25, 0.3) is 0 Å². The van der Waals surface area contributed by atoms with Gasteiger partial charge >= 0.3 is 5.97 Å². The molecule has 0 spiro atoms. The van der Waals surface area contributed by atoms with E-state index in [0.717, 1.165) is 6.42 Å². The van der Waals surface area contributed by atoms with E-state index >= 15 is 0 Å². The minimum Gasteiger partial charge on any atom is -0.460 e. The summed E-state index contributed by atoms with van der Waals surface area (Å²) in [7, 11) is 0. The number of hydrogen-bond acceptors (Lipinski definition) is 5. The Morgan fingerprint density at radius 3 is 2.58 bits per heavy atom. The second-order valence-electron chi connectivity index (χ2n) is 4.78. The standard InChI is InChI=1S/C14H22N2O3/c1-10(2)5-6-18-7-8-19-14(17)12-4-3-11(15)9-13(12)16/h3-4,9-10H,5-8,15-16H2,1-2H3. The predicted octanol–water partition coefficient (Wildman–Crippen LogP) is 2.07. The zero-order chi connectivity index (χ0) is 14.3. The molecule has 0 aromatic heterocycles. The highest BCUT2D eigenvalue weighted by Crippen LogP contribution is 2.16. The fourth-order valence-corrected chi connectivity index (χ4v) is 1.46. The molecule has 0 aliphatic rings. The number of hydrogen-bond donors (Lipinski definition) is 2. The fourth-order valence-electron chi connectivity index (χ4n) is 1.46. The summed E-state index contributed by atoms with van der Waals surface area (Å²) in [6.07, 6.45) is 0.999. The van der Waals surface area contributed by atoms with Crippen molar-refractivity contribution in [1.82, 2.24) is 0 Å². The van der Waals surface area contributed by atoms with Gasteiger partial charge in [-0.05, 0) is 30.5 Å². The second-order valence-corrected chi connectivity index (χ2v) is 4.78. The number of nitrogens with two attached hydrogens (primary N) is 2. The first-order valence-electron chi connectivity index (χ1n) is 6.40. The number of esters is 1. The molecule has 19 heavy (non-hydrogen) atoms. The maximum Gasteiger partial charge on any atom is 0.340 e. The van der Waals surface area contributed by atoms with E-state index in [9.17, 15) is 4.79 Å². The number of anilines is 2. The Morgan fingerprint density at radius 1 is 1.21 bits per heavy atom. The number of ether oxygens (including phenoxy) is 2. The van der Waals surface area contributed by atoms with Gasteiger partial charge in [0.2, 0.25) is 0 Å². The van der Waals surface area contributed by atoms with Gasteiger partial charge in [0.1, 0.15) is 6.61 Å². The maximum absolute atomic E-state index is 11.7. The van der Waals surface area contributed by atoms with Crippen molar-refractivity contribution in [3.8, 4) is 0 Å². The Hall–Kier alpha value is -1.75. The van der Waals surface area contributed by atoms with E-state index in [1.165, 1.54) is 6.07 Å². The van der Waals surface area contributed by atoms with Crippen molar-refractivity contribution in [3.05, 3.63) is 23.8 Å². The van der Waals surface area contributed by atoms with Crippen molar-refractivity contribution in [2.45, 2.75) is 20.3 Å². The van der Waals surface area contributed by atoms with Gasteiger partial charge in [0.15, 0.2) is 0 Å². The molecule has 0 unspecified atom stereocenters. The SMILES string of the molecule is CC(C)CCOCCOC(=O)c1ccc(N)cc1N. The Balaban J connectivity index is 2.28. The van der Waals surface area contributed by atoms with Crippen LogP contribution in [0.4, 0.5) is 11.4 Å². The molecule has 4 N–H and O–H groups in total. The van der Waals surface area contributed by atoms with Gasteiger partial charge in [-0.1, -0.05) is 13.8 Å². The van der Waals surface area contributed by atoms with Crippen LogP contribution in [0.1, 0.15) is 30.6 Å². The lowest BCUT2D eigenvalue weighted by atomic mass is 10.1. The van der Waals surface area contributed by atoms with Gasteiger partial charge in [0.05, 0.1) is 12.2 Å². The quantitative estimate of drug-likeness (QED) is 0.448. The summed E-state index contributed by atoms with van der Waals surface area (Å²) in [5, 5.41) is 0. The van der Waals surface area contributed by atoms with Crippen LogP contribution in [-0.4, -0.2) is 25.8 Å². The monoisotopic (exact) mass is 266 g/mol. The summed E-state index contributed by atoms with van der Waals surface area (Å²) < 4.78 is 10.4. The third kappa shape index (κ3) is 5.61. The van der Waals surface area contributed by atoms with Crippen LogP contribution >= 0.6 is 0 Å². The van der Waals surface area contributed by atoms with Crippen molar-refractivity contribution in [1.29, 1.82) is 0 Å². The molecule has 0 saturated heterocycles. The molecule has 5 nitrogen and oxygen atoms in total. The summed E-state index contributed by atoms with van der Waals surface area (Å²) in [5.41, 5.74) is 12.4. The number of carbonyl (C=O) groups is 1. The van der Waals surface area contributed by atoms with Crippen LogP contribution in [0.25, 0.3) is 0 Å². The van der Waals surface area contributed by atoms with E-state index in [1.807, 2.05) is 0 Å². The zero-order valence-corrected chi connectivity index (χ0v) is 11.5. The summed E-state index contributed by atoms with van der Waals surface area (Å²) in [5.74, 6) is 0.155. The third-order valence-electron chi connectivity index (χ3n) is 2.60. The molecule has 106 valence electrons. The lowest BCUT2D eigenvalue weighted by molar-refractivity contribution is 0.0304. The first kappa shape index (κ1) is 15.3. The largest absolute Gasteiger partial charge is 0.460 e. The normalized spacial score (nSPS) is 10.7. The molecule has 0 radical (unpaired) electrons. The van der Waals surface area contributed by atoms with Gasteiger partial charge in [-0.2, -0.15) is 0 Å². The van der Waals surface area contributed by atoms with E-state index in [-0.39, 0.29) is 6.61 Å². The molecule has 1 aromatic carbocycles. The van der Waals surface area contributed by atoms with Gasteiger partial charge in [0, 0.05) is 18.0 Å². The molecule has 0 amide bonds. The van der Waals surface area contributed by atoms with Crippen LogP contribution in [-0.2, 0) is 9.47 Å². The molecule has 0 atom stereocenters. The number of nitrogen functional groups attached to an aromatic ring is 2. The van der Waals surface area contributed by atoms with E-state index in [2.05, 4.69) is 13.8 Å². The Labute approximate surface area is 113 Å². The highest BCUT2D eigenvalue weighted by Gasteiger charge is 2.10. The summed E-state index contributed by atoms with van der Waals surface area (Å²) >= 11 is 0. The van der Waals surface area contributed by atoms with Crippen molar-refractivity contribution in [2.75, 3.05) is 31.3 Å². The molecule has 0 aliphatic carbocycles. The van der Waals surface area contributed by atoms with Crippen LogP contribution in [0.2, 0.25) is 0 Å². The summed E-state index contributed by atoms with van der Waals surface area (Å²) in [6, 6.07) is 4.72. The average molecular weight is 266 g/mol. The average Bonchev–Trinajstić information content (AvgIpc) is 2.32.